The molecule has 1 fully saturated rings. The summed E-state index contributed by atoms with van der Waals surface area (Å²) >= 11 is 0. The zero-order valence-corrected chi connectivity index (χ0v) is 21.0. The van der Waals surface area contributed by atoms with Crippen LogP contribution in [0, 0.1) is 0 Å². The number of carbonyl (C=O) groups excluding carboxylic acids is 2. The molecule has 9 heteroatoms. The van der Waals surface area contributed by atoms with Gasteiger partial charge in [-0.2, -0.15) is 0 Å². The average molecular weight is 487 g/mol. The third-order valence-electron chi connectivity index (χ3n) is 7.79. The van der Waals surface area contributed by atoms with Crippen LogP contribution < -0.4 is 14.8 Å². The number of amides is 1. The maximum Gasteiger partial charge on any atom is 0.407 e. The number of aliphatic hydroxyl groups is 1. The largest absolute Gasteiger partial charge is 0.493 e. The Balaban J connectivity index is 1.39. The van der Waals surface area contributed by atoms with Crippen molar-refractivity contribution in [2.75, 3.05) is 27.2 Å². The molecule has 0 unspecified atom stereocenters. The van der Waals surface area contributed by atoms with Gasteiger partial charge < -0.3 is 34.3 Å². The maximum atomic E-state index is 12.7. The molecule has 4 aliphatic rings. The van der Waals surface area contributed by atoms with Crippen LogP contribution in [0.1, 0.15) is 51.2 Å². The Bertz CT molecular complexity index is 1090. The van der Waals surface area contributed by atoms with E-state index >= 15 is 0 Å². The number of hydrogen-bond acceptors (Lipinski definition) is 8. The van der Waals surface area contributed by atoms with E-state index in [1.165, 1.54) is 0 Å². The van der Waals surface area contributed by atoms with E-state index in [9.17, 15) is 14.7 Å². The zero-order valence-electron chi connectivity index (χ0n) is 21.0. The van der Waals surface area contributed by atoms with Gasteiger partial charge >= 0.3 is 12.1 Å². The molecule has 1 saturated heterocycles. The molecule has 1 aromatic rings. The minimum absolute atomic E-state index is 0.0204. The predicted molar refractivity (Wildman–Crippen MR) is 126 cm³/mol. The van der Waals surface area contributed by atoms with E-state index in [0.29, 0.717) is 30.1 Å². The van der Waals surface area contributed by atoms with Gasteiger partial charge in [0.05, 0.1) is 24.5 Å². The van der Waals surface area contributed by atoms with E-state index in [4.69, 9.17) is 18.9 Å². The minimum Gasteiger partial charge on any atom is -0.493 e. The first kappa shape index (κ1) is 23.9. The molecule has 35 heavy (non-hydrogen) atoms. The van der Waals surface area contributed by atoms with Crippen LogP contribution in [0.2, 0.25) is 0 Å². The van der Waals surface area contributed by atoms with Crippen LogP contribution in [-0.2, 0) is 26.1 Å². The summed E-state index contributed by atoms with van der Waals surface area (Å²) in [5, 5.41) is 14.8. The van der Waals surface area contributed by atoms with Crippen molar-refractivity contribution in [2.45, 2.75) is 75.2 Å². The standard InChI is InChI=1S/C26H34N2O7/c1-24(2,3)35-23(30)27-12-9-19(29)33-17-8-10-26(31)18-14-15-6-7-16(32-5)21-20(15)25(26,22(17)34-21)11-13-28(18)4/h6-8,18,22,31H,9-14H2,1-5H3,(H,27,30)/t18-,22-,25-,26+/m0/s1. The van der Waals surface area contributed by atoms with Gasteiger partial charge in [-0.3, -0.25) is 4.79 Å². The lowest BCUT2D eigenvalue weighted by Gasteiger charge is -2.61. The fourth-order valence-corrected chi connectivity index (χ4v) is 6.35. The number of rotatable bonds is 5. The monoisotopic (exact) mass is 486 g/mol. The highest BCUT2D eigenvalue weighted by Crippen LogP contribution is 2.65. The number of piperidine rings is 1. The van der Waals surface area contributed by atoms with Crippen molar-refractivity contribution < 1.29 is 33.6 Å². The van der Waals surface area contributed by atoms with Crippen molar-refractivity contribution in [3.63, 3.8) is 0 Å². The van der Waals surface area contributed by atoms with Gasteiger partial charge in [-0.05, 0) is 64.9 Å². The van der Waals surface area contributed by atoms with Crippen LogP contribution in [0.5, 0.6) is 11.5 Å². The molecule has 2 bridgehead atoms. The minimum atomic E-state index is -1.05. The highest BCUT2D eigenvalue weighted by atomic mass is 16.6. The smallest absolute Gasteiger partial charge is 0.407 e. The van der Waals surface area contributed by atoms with E-state index in [2.05, 4.69) is 16.3 Å². The molecule has 0 saturated carbocycles. The Morgan fingerprint density at radius 1 is 1.31 bits per heavy atom. The van der Waals surface area contributed by atoms with Gasteiger partial charge in [0.15, 0.2) is 17.6 Å². The summed E-state index contributed by atoms with van der Waals surface area (Å²) in [5.41, 5.74) is -0.265. The second kappa shape index (κ2) is 8.13. The Morgan fingerprint density at radius 2 is 2.09 bits per heavy atom. The van der Waals surface area contributed by atoms with Gasteiger partial charge in [-0.15, -0.1) is 0 Å². The second-order valence-corrected chi connectivity index (χ2v) is 10.9. The predicted octanol–water partition coefficient (Wildman–Crippen LogP) is 2.43. The molecule has 2 N–H and O–H groups in total. The first-order valence-electron chi connectivity index (χ1n) is 12.2. The molecule has 1 aromatic carbocycles. The molecule has 1 spiro atoms. The number of likely N-dealkylation sites (tertiary alicyclic amines) is 1. The number of methoxy groups -OCH3 is 1. The lowest BCUT2D eigenvalue weighted by Crippen LogP contribution is -2.74. The lowest BCUT2D eigenvalue weighted by molar-refractivity contribution is -0.169. The maximum absolute atomic E-state index is 12.7. The van der Waals surface area contributed by atoms with E-state index in [0.717, 1.165) is 24.1 Å². The zero-order chi connectivity index (χ0) is 25.2. The first-order valence-corrected chi connectivity index (χ1v) is 12.2. The third kappa shape index (κ3) is 3.59. The van der Waals surface area contributed by atoms with E-state index < -0.39 is 34.8 Å². The number of esters is 1. The molecular formula is C26H34N2O7. The topological polar surface area (TPSA) is 107 Å². The third-order valence-corrected chi connectivity index (χ3v) is 7.79. The molecule has 1 amide bonds. The highest BCUT2D eigenvalue weighted by molar-refractivity contribution is 5.73. The van der Waals surface area contributed by atoms with Crippen LogP contribution >= 0.6 is 0 Å². The van der Waals surface area contributed by atoms with Gasteiger partial charge in [-0.1, -0.05) is 6.07 Å². The van der Waals surface area contributed by atoms with Crippen LogP contribution in [0.25, 0.3) is 0 Å². The van der Waals surface area contributed by atoms with Crippen LogP contribution in [0.3, 0.4) is 0 Å². The fraction of sp³-hybridized carbons (Fsp3) is 0.615. The summed E-state index contributed by atoms with van der Waals surface area (Å²) in [4.78, 5) is 26.8. The van der Waals surface area contributed by atoms with Gasteiger partial charge in [0, 0.05) is 24.6 Å². The van der Waals surface area contributed by atoms with Crippen molar-refractivity contribution in [1.29, 1.82) is 0 Å². The molecule has 2 aliphatic carbocycles. The summed E-state index contributed by atoms with van der Waals surface area (Å²) < 4.78 is 23.1. The number of likely N-dealkylation sites (N-methyl/N-ethyl adjacent to an activating group) is 1. The molecular weight excluding hydrogens is 452 g/mol. The molecule has 9 nitrogen and oxygen atoms in total. The summed E-state index contributed by atoms with van der Waals surface area (Å²) in [6.45, 7) is 6.21. The number of hydrogen-bond donors (Lipinski definition) is 2. The molecule has 5 rings (SSSR count). The van der Waals surface area contributed by atoms with Gasteiger partial charge in [-0.25, -0.2) is 4.79 Å². The molecule has 2 aliphatic heterocycles. The van der Waals surface area contributed by atoms with Gasteiger partial charge in [0.25, 0.3) is 0 Å². The quantitative estimate of drug-likeness (QED) is 0.612. The molecule has 0 aromatic heterocycles. The first-order chi connectivity index (χ1) is 16.5. The van der Waals surface area contributed by atoms with Gasteiger partial charge in [0.1, 0.15) is 11.4 Å². The van der Waals surface area contributed by atoms with Gasteiger partial charge in [0.2, 0.25) is 0 Å². The van der Waals surface area contributed by atoms with E-state index in [1.807, 2.05) is 13.1 Å². The average Bonchev–Trinajstić information content (AvgIpc) is 3.12. The molecule has 4 atom stereocenters. The Morgan fingerprint density at radius 3 is 2.80 bits per heavy atom. The Labute approximate surface area is 205 Å². The number of benzene rings is 1. The second-order valence-electron chi connectivity index (χ2n) is 10.9. The summed E-state index contributed by atoms with van der Waals surface area (Å²) in [7, 11) is 3.65. The van der Waals surface area contributed by atoms with Crippen LogP contribution in [0.15, 0.2) is 24.0 Å². The fourth-order valence-electron chi connectivity index (χ4n) is 6.35. The number of nitrogens with zero attached hydrogens (tertiary/aromatic N) is 1. The van der Waals surface area contributed by atoms with Crippen LogP contribution in [-0.4, -0.2) is 72.7 Å². The highest BCUT2D eigenvalue weighted by Gasteiger charge is 2.72. The number of ether oxygens (including phenoxy) is 4. The molecule has 2 heterocycles. The van der Waals surface area contributed by atoms with Crippen molar-refractivity contribution in [3.05, 3.63) is 35.1 Å². The number of alkyl carbamates (subject to hydrolysis) is 1. The Hall–Kier alpha value is -2.78. The van der Waals surface area contributed by atoms with Crippen molar-refractivity contribution in [2.24, 2.45) is 0 Å². The lowest BCUT2D eigenvalue weighted by atomic mass is 9.50. The molecule has 0 radical (unpaired) electrons. The summed E-state index contributed by atoms with van der Waals surface area (Å²) in [5.74, 6) is 1.17. The summed E-state index contributed by atoms with van der Waals surface area (Å²) in [6.07, 6.45) is 2.30. The SMILES string of the molecule is COc1ccc2c3c1O[C@H]1C(OC(=O)CCNC(=O)OC(C)(C)C)=CC[C@@]4(O)[C@H](C2)N(C)CC[C@]314. The summed E-state index contributed by atoms with van der Waals surface area (Å²) in [6, 6.07) is 3.89. The van der Waals surface area contributed by atoms with Crippen molar-refractivity contribution in [1.82, 2.24) is 10.2 Å². The van der Waals surface area contributed by atoms with Crippen molar-refractivity contribution in [3.8, 4) is 11.5 Å². The number of nitrogens with one attached hydrogen (secondary N) is 1. The van der Waals surface area contributed by atoms with Crippen molar-refractivity contribution >= 4 is 12.1 Å². The molecule has 190 valence electrons. The number of carbonyl (C=O) groups is 2. The van der Waals surface area contributed by atoms with E-state index in [1.54, 1.807) is 34.0 Å². The van der Waals surface area contributed by atoms with E-state index in [-0.39, 0.29) is 19.0 Å². The normalized spacial score (nSPS) is 30.5. The Kier molecular flexibility index (Phi) is 5.56. The van der Waals surface area contributed by atoms with Crippen LogP contribution in [0.4, 0.5) is 4.79 Å².